The van der Waals surface area contributed by atoms with Crippen molar-refractivity contribution in [3.63, 3.8) is 0 Å². The third-order valence-electron chi connectivity index (χ3n) is 3.52. The summed E-state index contributed by atoms with van der Waals surface area (Å²) in [6, 6.07) is 14.8. The van der Waals surface area contributed by atoms with Crippen molar-refractivity contribution < 1.29 is 19.0 Å². The highest BCUT2D eigenvalue weighted by molar-refractivity contribution is 5.95. The van der Waals surface area contributed by atoms with Crippen molar-refractivity contribution >= 4 is 5.91 Å². The molecule has 0 aliphatic heterocycles. The zero-order valence-electron chi connectivity index (χ0n) is 13.5. The summed E-state index contributed by atoms with van der Waals surface area (Å²) in [6.07, 6.45) is -0.201. The van der Waals surface area contributed by atoms with Crippen LogP contribution in [0.15, 0.2) is 48.5 Å². The van der Waals surface area contributed by atoms with E-state index in [0.717, 1.165) is 5.56 Å². The fraction of sp³-hybridized carbons (Fsp3) is 0.278. The van der Waals surface area contributed by atoms with E-state index in [0.29, 0.717) is 23.6 Å². The highest BCUT2D eigenvalue weighted by Crippen LogP contribution is 2.22. The Labute approximate surface area is 136 Å². The minimum atomic E-state index is -0.208. The number of hydrogen-bond acceptors (Lipinski definition) is 4. The van der Waals surface area contributed by atoms with E-state index in [-0.39, 0.29) is 12.0 Å². The molecule has 1 amide bonds. The number of benzene rings is 2. The lowest BCUT2D eigenvalue weighted by Crippen LogP contribution is -2.29. The van der Waals surface area contributed by atoms with Crippen LogP contribution in [-0.2, 0) is 4.74 Å². The largest absolute Gasteiger partial charge is 0.497 e. The first-order valence-electron chi connectivity index (χ1n) is 7.27. The molecule has 0 fully saturated rings. The molecule has 0 saturated carbocycles. The number of carbonyl (C=O) groups is 1. The Morgan fingerprint density at radius 2 is 1.61 bits per heavy atom. The van der Waals surface area contributed by atoms with Crippen LogP contribution >= 0.6 is 0 Å². The molecule has 0 aromatic heterocycles. The van der Waals surface area contributed by atoms with Crippen LogP contribution in [0.5, 0.6) is 11.5 Å². The van der Waals surface area contributed by atoms with Gasteiger partial charge in [0.2, 0.25) is 0 Å². The molecule has 1 N–H and O–H groups in total. The lowest BCUT2D eigenvalue weighted by Gasteiger charge is -2.17. The number of methoxy groups -OCH3 is 3. The van der Waals surface area contributed by atoms with Gasteiger partial charge >= 0.3 is 0 Å². The van der Waals surface area contributed by atoms with E-state index in [9.17, 15) is 4.79 Å². The molecule has 5 nitrogen and oxygen atoms in total. The molecule has 2 rings (SSSR count). The molecule has 0 saturated heterocycles. The summed E-state index contributed by atoms with van der Waals surface area (Å²) < 4.78 is 15.8. The minimum absolute atomic E-state index is 0.201. The first kappa shape index (κ1) is 16.8. The molecule has 1 unspecified atom stereocenters. The molecule has 2 aromatic rings. The van der Waals surface area contributed by atoms with Crippen LogP contribution in [0.25, 0.3) is 0 Å². The lowest BCUT2D eigenvalue weighted by molar-refractivity contribution is 0.0827. The highest BCUT2D eigenvalue weighted by Gasteiger charge is 2.14. The van der Waals surface area contributed by atoms with Crippen molar-refractivity contribution in [3.05, 3.63) is 59.7 Å². The van der Waals surface area contributed by atoms with Crippen LogP contribution in [0.2, 0.25) is 0 Å². The quantitative estimate of drug-likeness (QED) is 0.853. The van der Waals surface area contributed by atoms with Crippen molar-refractivity contribution in [2.24, 2.45) is 0 Å². The van der Waals surface area contributed by atoms with Gasteiger partial charge in [-0.15, -0.1) is 0 Å². The fourth-order valence-electron chi connectivity index (χ4n) is 2.23. The predicted molar refractivity (Wildman–Crippen MR) is 88.1 cm³/mol. The summed E-state index contributed by atoms with van der Waals surface area (Å²) in [6.45, 7) is 0.374. The van der Waals surface area contributed by atoms with E-state index in [1.165, 1.54) is 0 Å². The third kappa shape index (κ3) is 4.47. The van der Waals surface area contributed by atoms with E-state index in [1.807, 2.05) is 30.3 Å². The summed E-state index contributed by atoms with van der Waals surface area (Å²) in [7, 11) is 4.72. The second-order valence-electron chi connectivity index (χ2n) is 4.95. The number of hydrogen-bond donors (Lipinski definition) is 1. The normalized spacial score (nSPS) is 11.6. The average molecular weight is 315 g/mol. The van der Waals surface area contributed by atoms with Crippen molar-refractivity contribution in [3.8, 4) is 11.5 Å². The molecule has 0 heterocycles. The van der Waals surface area contributed by atoms with Crippen LogP contribution < -0.4 is 14.8 Å². The molecule has 0 aliphatic carbocycles. The first-order chi connectivity index (χ1) is 11.2. The average Bonchev–Trinajstić information content (AvgIpc) is 2.62. The van der Waals surface area contributed by atoms with Crippen molar-refractivity contribution in [2.75, 3.05) is 27.9 Å². The molecule has 0 spiro atoms. The maximum atomic E-state index is 12.4. The fourth-order valence-corrected chi connectivity index (χ4v) is 2.23. The summed E-state index contributed by atoms with van der Waals surface area (Å²) in [5, 5.41) is 2.88. The van der Waals surface area contributed by atoms with Gasteiger partial charge in [-0.1, -0.05) is 30.3 Å². The SMILES string of the molecule is COc1cc(OC)cc(C(=O)NCC(OC)c2ccccc2)c1. The lowest BCUT2D eigenvalue weighted by atomic mass is 10.1. The molecule has 2 aromatic carbocycles. The van der Waals surface area contributed by atoms with Gasteiger partial charge in [0.25, 0.3) is 5.91 Å². The van der Waals surface area contributed by atoms with Crippen LogP contribution in [0.3, 0.4) is 0 Å². The van der Waals surface area contributed by atoms with Crippen LogP contribution in [0, 0.1) is 0 Å². The minimum Gasteiger partial charge on any atom is -0.497 e. The predicted octanol–water partition coefficient (Wildman–Crippen LogP) is 2.82. The van der Waals surface area contributed by atoms with Gasteiger partial charge in [0, 0.05) is 25.3 Å². The van der Waals surface area contributed by atoms with Gasteiger partial charge in [0.15, 0.2) is 0 Å². The molecule has 0 bridgehead atoms. The van der Waals surface area contributed by atoms with Gasteiger partial charge in [-0.25, -0.2) is 0 Å². The summed E-state index contributed by atoms with van der Waals surface area (Å²) in [5.74, 6) is 0.932. The third-order valence-corrected chi connectivity index (χ3v) is 3.52. The van der Waals surface area contributed by atoms with Crippen LogP contribution in [0.1, 0.15) is 22.0 Å². The van der Waals surface area contributed by atoms with Gasteiger partial charge in [-0.2, -0.15) is 0 Å². The van der Waals surface area contributed by atoms with Crippen molar-refractivity contribution in [1.29, 1.82) is 0 Å². The maximum absolute atomic E-state index is 12.4. The van der Waals surface area contributed by atoms with E-state index in [4.69, 9.17) is 14.2 Å². The monoisotopic (exact) mass is 315 g/mol. The van der Waals surface area contributed by atoms with Gasteiger partial charge in [-0.3, -0.25) is 4.79 Å². The number of amides is 1. The maximum Gasteiger partial charge on any atom is 0.251 e. The number of ether oxygens (including phenoxy) is 3. The molecule has 1 atom stereocenters. The molecular formula is C18H21NO4. The number of carbonyl (C=O) groups excluding carboxylic acids is 1. The van der Waals surface area contributed by atoms with Gasteiger partial charge < -0.3 is 19.5 Å². The van der Waals surface area contributed by atoms with E-state index >= 15 is 0 Å². The molecule has 5 heteroatoms. The van der Waals surface area contributed by atoms with Crippen LogP contribution in [-0.4, -0.2) is 33.8 Å². The smallest absolute Gasteiger partial charge is 0.251 e. The van der Waals surface area contributed by atoms with Gasteiger partial charge in [-0.05, 0) is 17.7 Å². The number of nitrogens with one attached hydrogen (secondary N) is 1. The summed E-state index contributed by atoms with van der Waals surface area (Å²) in [4.78, 5) is 12.4. The Morgan fingerprint density at radius 1 is 1.00 bits per heavy atom. The zero-order valence-corrected chi connectivity index (χ0v) is 13.5. The molecular weight excluding hydrogens is 294 g/mol. The molecule has 0 radical (unpaired) electrons. The van der Waals surface area contributed by atoms with Crippen LogP contribution in [0.4, 0.5) is 0 Å². The summed E-state index contributed by atoms with van der Waals surface area (Å²) in [5.41, 5.74) is 1.49. The van der Waals surface area contributed by atoms with E-state index in [2.05, 4.69) is 5.32 Å². The zero-order chi connectivity index (χ0) is 16.7. The van der Waals surface area contributed by atoms with Crippen molar-refractivity contribution in [2.45, 2.75) is 6.10 Å². The molecule has 0 aliphatic rings. The topological polar surface area (TPSA) is 56.8 Å². The Hall–Kier alpha value is -2.53. The van der Waals surface area contributed by atoms with Gasteiger partial charge in [0.05, 0.1) is 20.3 Å². The Balaban J connectivity index is 2.07. The first-order valence-corrected chi connectivity index (χ1v) is 7.27. The Morgan fingerprint density at radius 3 is 2.13 bits per heavy atom. The Bertz CT molecular complexity index is 620. The van der Waals surface area contributed by atoms with Crippen molar-refractivity contribution in [1.82, 2.24) is 5.32 Å². The highest BCUT2D eigenvalue weighted by atomic mass is 16.5. The van der Waals surface area contributed by atoms with Gasteiger partial charge in [0.1, 0.15) is 11.5 Å². The molecule has 122 valence electrons. The Kier molecular flexibility index (Phi) is 6.00. The van der Waals surface area contributed by atoms with E-state index in [1.54, 1.807) is 39.5 Å². The number of rotatable bonds is 7. The van der Waals surface area contributed by atoms with E-state index < -0.39 is 0 Å². The summed E-state index contributed by atoms with van der Waals surface area (Å²) >= 11 is 0. The standard InChI is InChI=1S/C18H21NO4/c1-21-15-9-14(10-16(11-15)22-2)18(20)19-12-17(23-3)13-7-5-4-6-8-13/h4-11,17H,12H2,1-3H3,(H,19,20). The second-order valence-corrected chi connectivity index (χ2v) is 4.95. The molecule has 23 heavy (non-hydrogen) atoms. The second kappa shape index (κ2) is 8.19.